The number of carboxylic acid groups (broad SMARTS) is 1. The lowest BCUT2D eigenvalue weighted by Gasteiger charge is -2.01. The van der Waals surface area contributed by atoms with Crippen molar-refractivity contribution in [3.63, 3.8) is 0 Å². The van der Waals surface area contributed by atoms with Crippen molar-refractivity contribution in [1.29, 1.82) is 0 Å². The van der Waals surface area contributed by atoms with Gasteiger partial charge >= 0.3 is 5.97 Å². The first-order valence-corrected chi connectivity index (χ1v) is 4.70. The molecule has 5 nitrogen and oxygen atoms in total. The van der Waals surface area contributed by atoms with Gasteiger partial charge in [0, 0.05) is 24.2 Å². The Bertz CT molecular complexity index is 500. The molecule has 0 aliphatic heterocycles. The average Bonchev–Trinajstić information content (AvgIpc) is 2.30. The zero-order chi connectivity index (χ0) is 11.4. The molecule has 0 atom stereocenters. The molecular weight excluding hydrogens is 206 g/mol. The summed E-state index contributed by atoms with van der Waals surface area (Å²) in [6.07, 6.45) is 4.72. The number of rotatable bonds is 3. The number of pyridine rings is 1. The molecule has 2 aromatic heterocycles. The third-order valence-electron chi connectivity index (χ3n) is 1.97. The van der Waals surface area contributed by atoms with Gasteiger partial charge in [0.15, 0.2) is 0 Å². The summed E-state index contributed by atoms with van der Waals surface area (Å²) < 4.78 is 0. The standard InChI is InChI=1S/C11H9N3O2/c15-11(16)6-10-13-5-3-9(14-10)8-2-1-4-12-7-8/h1-5,7H,6H2,(H,15,16). The number of nitrogens with zero attached hydrogens (tertiary/aromatic N) is 3. The molecule has 0 radical (unpaired) electrons. The lowest BCUT2D eigenvalue weighted by atomic mass is 10.2. The second-order valence-corrected chi connectivity index (χ2v) is 3.17. The van der Waals surface area contributed by atoms with Gasteiger partial charge in [-0.25, -0.2) is 9.97 Å². The topological polar surface area (TPSA) is 76.0 Å². The van der Waals surface area contributed by atoms with Gasteiger partial charge in [-0.2, -0.15) is 0 Å². The zero-order valence-corrected chi connectivity index (χ0v) is 8.37. The molecule has 0 saturated heterocycles. The molecule has 0 bridgehead atoms. The summed E-state index contributed by atoms with van der Waals surface area (Å²) in [7, 11) is 0. The Kier molecular flexibility index (Phi) is 2.86. The van der Waals surface area contributed by atoms with Crippen molar-refractivity contribution in [3.05, 3.63) is 42.6 Å². The Labute approximate surface area is 91.8 Å². The Balaban J connectivity index is 2.33. The molecule has 0 spiro atoms. The monoisotopic (exact) mass is 215 g/mol. The normalized spacial score (nSPS) is 10.0. The van der Waals surface area contributed by atoms with E-state index < -0.39 is 5.97 Å². The maximum atomic E-state index is 10.5. The second kappa shape index (κ2) is 4.48. The lowest BCUT2D eigenvalue weighted by Crippen LogP contribution is -2.05. The van der Waals surface area contributed by atoms with Crippen LogP contribution in [-0.4, -0.2) is 26.0 Å². The fourth-order valence-electron chi connectivity index (χ4n) is 1.29. The predicted molar refractivity (Wildman–Crippen MR) is 56.6 cm³/mol. The summed E-state index contributed by atoms with van der Waals surface area (Å²) in [5.74, 6) is -0.641. The van der Waals surface area contributed by atoms with Crippen LogP contribution in [0.5, 0.6) is 0 Å². The number of hydrogen-bond acceptors (Lipinski definition) is 4. The van der Waals surface area contributed by atoms with Crippen LogP contribution in [0.2, 0.25) is 0 Å². The van der Waals surface area contributed by atoms with Gasteiger partial charge < -0.3 is 5.11 Å². The van der Waals surface area contributed by atoms with Crippen LogP contribution in [0.4, 0.5) is 0 Å². The fraction of sp³-hybridized carbons (Fsp3) is 0.0909. The number of carbonyl (C=O) groups is 1. The summed E-state index contributed by atoms with van der Waals surface area (Å²) in [5.41, 5.74) is 1.52. The van der Waals surface area contributed by atoms with E-state index in [-0.39, 0.29) is 6.42 Å². The maximum Gasteiger partial charge on any atom is 0.311 e. The quantitative estimate of drug-likeness (QED) is 0.831. The SMILES string of the molecule is O=C(O)Cc1nccc(-c2cccnc2)n1. The van der Waals surface area contributed by atoms with Crippen LogP contribution in [0.25, 0.3) is 11.3 Å². The van der Waals surface area contributed by atoms with Gasteiger partial charge in [-0.1, -0.05) is 0 Å². The molecule has 0 unspecified atom stereocenters. The molecule has 0 saturated carbocycles. The Morgan fingerprint density at radius 2 is 2.19 bits per heavy atom. The van der Waals surface area contributed by atoms with E-state index in [1.165, 1.54) is 0 Å². The van der Waals surface area contributed by atoms with Crippen molar-refractivity contribution in [1.82, 2.24) is 15.0 Å². The van der Waals surface area contributed by atoms with Crippen LogP contribution >= 0.6 is 0 Å². The Hall–Kier alpha value is -2.30. The zero-order valence-electron chi connectivity index (χ0n) is 8.37. The molecule has 2 rings (SSSR count). The minimum absolute atomic E-state index is 0.173. The van der Waals surface area contributed by atoms with Crippen molar-refractivity contribution in [2.24, 2.45) is 0 Å². The highest BCUT2D eigenvalue weighted by Crippen LogP contribution is 2.14. The van der Waals surface area contributed by atoms with E-state index in [1.54, 1.807) is 30.7 Å². The van der Waals surface area contributed by atoms with Crippen LogP contribution in [0.3, 0.4) is 0 Å². The third kappa shape index (κ3) is 2.38. The van der Waals surface area contributed by atoms with Gasteiger partial charge in [-0.3, -0.25) is 9.78 Å². The summed E-state index contributed by atoms with van der Waals surface area (Å²) in [5, 5.41) is 8.64. The molecule has 5 heteroatoms. The molecule has 80 valence electrons. The van der Waals surface area contributed by atoms with Crippen LogP contribution < -0.4 is 0 Å². The first-order valence-electron chi connectivity index (χ1n) is 4.70. The van der Waals surface area contributed by atoms with Crippen molar-refractivity contribution < 1.29 is 9.90 Å². The van der Waals surface area contributed by atoms with E-state index in [0.29, 0.717) is 11.5 Å². The summed E-state index contributed by atoms with van der Waals surface area (Å²) in [4.78, 5) is 22.5. The largest absolute Gasteiger partial charge is 0.481 e. The van der Waals surface area contributed by atoms with E-state index in [4.69, 9.17) is 5.11 Å². The summed E-state index contributed by atoms with van der Waals surface area (Å²) in [6.45, 7) is 0. The van der Waals surface area contributed by atoms with Gasteiger partial charge in [0.1, 0.15) is 12.2 Å². The first kappa shape index (κ1) is 10.2. The van der Waals surface area contributed by atoms with Crippen LogP contribution in [0.1, 0.15) is 5.82 Å². The van der Waals surface area contributed by atoms with E-state index >= 15 is 0 Å². The molecule has 0 aliphatic carbocycles. The fourth-order valence-corrected chi connectivity index (χ4v) is 1.29. The molecule has 2 heterocycles. The van der Waals surface area contributed by atoms with Gasteiger partial charge in [-0.05, 0) is 18.2 Å². The smallest absolute Gasteiger partial charge is 0.311 e. The van der Waals surface area contributed by atoms with Crippen molar-refractivity contribution in [2.45, 2.75) is 6.42 Å². The minimum atomic E-state index is -0.941. The number of aromatic nitrogens is 3. The Morgan fingerprint density at radius 1 is 1.31 bits per heavy atom. The van der Waals surface area contributed by atoms with Crippen molar-refractivity contribution in [3.8, 4) is 11.3 Å². The molecule has 2 aromatic rings. The summed E-state index contributed by atoms with van der Waals surface area (Å²) in [6, 6.07) is 5.39. The molecule has 0 aromatic carbocycles. The summed E-state index contributed by atoms with van der Waals surface area (Å²) >= 11 is 0. The van der Waals surface area contributed by atoms with Crippen LogP contribution in [0.15, 0.2) is 36.8 Å². The van der Waals surface area contributed by atoms with Crippen LogP contribution in [-0.2, 0) is 11.2 Å². The minimum Gasteiger partial charge on any atom is -0.481 e. The average molecular weight is 215 g/mol. The molecule has 0 aliphatic rings. The molecule has 0 fully saturated rings. The molecular formula is C11H9N3O2. The highest BCUT2D eigenvalue weighted by molar-refractivity contribution is 5.69. The highest BCUT2D eigenvalue weighted by atomic mass is 16.4. The van der Waals surface area contributed by atoms with Gasteiger partial charge in [0.25, 0.3) is 0 Å². The van der Waals surface area contributed by atoms with Crippen molar-refractivity contribution >= 4 is 5.97 Å². The van der Waals surface area contributed by atoms with E-state index in [2.05, 4.69) is 15.0 Å². The molecule has 16 heavy (non-hydrogen) atoms. The van der Waals surface area contributed by atoms with Gasteiger partial charge in [0.05, 0.1) is 5.69 Å². The number of carboxylic acids is 1. The van der Waals surface area contributed by atoms with E-state index in [0.717, 1.165) is 5.56 Å². The van der Waals surface area contributed by atoms with Crippen LogP contribution in [0, 0.1) is 0 Å². The lowest BCUT2D eigenvalue weighted by molar-refractivity contribution is -0.136. The third-order valence-corrected chi connectivity index (χ3v) is 1.97. The number of hydrogen-bond donors (Lipinski definition) is 1. The number of aliphatic carboxylic acids is 1. The molecule has 1 N–H and O–H groups in total. The maximum absolute atomic E-state index is 10.5. The molecule has 0 amide bonds. The van der Waals surface area contributed by atoms with Crippen molar-refractivity contribution in [2.75, 3.05) is 0 Å². The highest BCUT2D eigenvalue weighted by Gasteiger charge is 2.05. The predicted octanol–water partition coefficient (Wildman–Crippen LogP) is 1.17. The Morgan fingerprint density at radius 3 is 2.88 bits per heavy atom. The van der Waals surface area contributed by atoms with Gasteiger partial charge in [0.2, 0.25) is 0 Å². The van der Waals surface area contributed by atoms with E-state index in [9.17, 15) is 4.79 Å². The first-order chi connectivity index (χ1) is 7.75. The second-order valence-electron chi connectivity index (χ2n) is 3.17. The van der Waals surface area contributed by atoms with Gasteiger partial charge in [-0.15, -0.1) is 0 Å². The van der Waals surface area contributed by atoms with E-state index in [1.807, 2.05) is 6.07 Å².